The molecule has 0 fully saturated rings. The van der Waals surface area contributed by atoms with Crippen molar-refractivity contribution in [1.29, 1.82) is 0 Å². The van der Waals surface area contributed by atoms with Gasteiger partial charge in [0.2, 0.25) is 5.89 Å². The van der Waals surface area contributed by atoms with Crippen LogP contribution in [-0.4, -0.2) is 23.2 Å². The number of hydrogen-bond acceptors (Lipinski definition) is 5. The molecule has 0 aliphatic carbocycles. The predicted molar refractivity (Wildman–Crippen MR) is 90.2 cm³/mol. The summed E-state index contributed by atoms with van der Waals surface area (Å²) in [5.41, 5.74) is 3.50. The van der Waals surface area contributed by atoms with Crippen molar-refractivity contribution in [3.05, 3.63) is 59.5 Å². The second-order valence-electron chi connectivity index (χ2n) is 5.42. The van der Waals surface area contributed by atoms with E-state index in [9.17, 15) is 4.79 Å². The van der Waals surface area contributed by atoms with Crippen LogP contribution < -0.4 is 10.1 Å². The number of benzene rings is 2. The predicted octanol–water partition coefficient (Wildman–Crippen LogP) is 3.61. The Hall–Kier alpha value is -3.15. The van der Waals surface area contributed by atoms with Gasteiger partial charge in [-0.25, -0.2) is 0 Å². The molecule has 0 aliphatic heterocycles. The molecule has 0 atom stereocenters. The van der Waals surface area contributed by atoms with Crippen LogP contribution in [0.4, 0.5) is 5.69 Å². The summed E-state index contributed by atoms with van der Waals surface area (Å²) < 4.78 is 10.6. The number of ether oxygens (including phenoxy) is 1. The van der Waals surface area contributed by atoms with Crippen LogP contribution in [0.5, 0.6) is 5.75 Å². The van der Waals surface area contributed by atoms with Gasteiger partial charge in [0.15, 0.2) is 0 Å². The van der Waals surface area contributed by atoms with Gasteiger partial charge in [-0.2, -0.15) is 0 Å². The molecule has 6 nitrogen and oxygen atoms in total. The van der Waals surface area contributed by atoms with Crippen LogP contribution in [0.3, 0.4) is 0 Å². The number of hydrogen-bond donors (Lipinski definition) is 1. The quantitative estimate of drug-likeness (QED) is 0.793. The monoisotopic (exact) mass is 323 g/mol. The molecule has 3 rings (SSSR count). The topological polar surface area (TPSA) is 77.2 Å². The molecule has 1 N–H and O–H groups in total. The van der Waals surface area contributed by atoms with Gasteiger partial charge in [0.25, 0.3) is 0 Å². The summed E-state index contributed by atoms with van der Waals surface area (Å²) in [6.45, 7) is 3.93. The highest BCUT2D eigenvalue weighted by molar-refractivity contribution is 6.01. The third-order valence-corrected chi connectivity index (χ3v) is 3.57. The Labute approximate surface area is 139 Å². The van der Waals surface area contributed by atoms with Crippen molar-refractivity contribution in [3.8, 4) is 17.2 Å². The summed E-state index contributed by atoms with van der Waals surface area (Å²) in [6, 6.07) is 13.0. The van der Waals surface area contributed by atoms with Gasteiger partial charge in [-0.3, -0.25) is 4.79 Å². The van der Waals surface area contributed by atoms with E-state index in [-0.39, 0.29) is 11.8 Å². The highest BCUT2D eigenvalue weighted by atomic mass is 16.5. The van der Waals surface area contributed by atoms with Crippen molar-refractivity contribution >= 4 is 11.6 Å². The molecule has 0 bridgehead atoms. The molecule has 0 saturated carbocycles. The lowest BCUT2D eigenvalue weighted by atomic mass is 10.1. The summed E-state index contributed by atoms with van der Waals surface area (Å²) in [6.07, 6.45) is 0. The number of carbonyl (C=O) groups excluding carboxylic acids is 1. The lowest BCUT2D eigenvalue weighted by molar-refractivity contribution is 0.0990. The third-order valence-electron chi connectivity index (χ3n) is 3.57. The minimum Gasteiger partial charge on any atom is -0.497 e. The van der Waals surface area contributed by atoms with Crippen LogP contribution in [0.1, 0.15) is 21.8 Å². The first kappa shape index (κ1) is 15.7. The Kier molecular flexibility index (Phi) is 4.29. The lowest BCUT2D eigenvalue weighted by Crippen LogP contribution is -2.13. The van der Waals surface area contributed by atoms with Gasteiger partial charge >= 0.3 is 11.8 Å². The number of aryl methyl sites for hydroxylation is 2. The maximum absolute atomic E-state index is 12.3. The average molecular weight is 323 g/mol. The van der Waals surface area contributed by atoms with E-state index in [1.165, 1.54) is 0 Å². The molecule has 0 saturated heterocycles. The van der Waals surface area contributed by atoms with Gasteiger partial charge in [-0.1, -0.05) is 23.8 Å². The summed E-state index contributed by atoms with van der Waals surface area (Å²) in [4.78, 5) is 12.3. The van der Waals surface area contributed by atoms with E-state index >= 15 is 0 Å². The van der Waals surface area contributed by atoms with Crippen LogP contribution in [-0.2, 0) is 0 Å². The van der Waals surface area contributed by atoms with Crippen LogP contribution >= 0.6 is 0 Å². The van der Waals surface area contributed by atoms with Crippen molar-refractivity contribution in [1.82, 2.24) is 10.2 Å². The van der Waals surface area contributed by atoms with Crippen LogP contribution in [0.15, 0.2) is 46.9 Å². The number of anilines is 1. The first-order chi connectivity index (χ1) is 11.6. The summed E-state index contributed by atoms with van der Waals surface area (Å²) in [5, 5.41) is 10.5. The number of nitrogens with zero attached hydrogens (tertiary/aromatic N) is 2. The van der Waals surface area contributed by atoms with E-state index in [1.54, 1.807) is 13.2 Å². The minimum atomic E-state index is -0.441. The molecule has 24 heavy (non-hydrogen) atoms. The van der Waals surface area contributed by atoms with Crippen LogP contribution in [0, 0.1) is 13.8 Å². The van der Waals surface area contributed by atoms with Gasteiger partial charge in [0.05, 0.1) is 7.11 Å². The number of rotatable bonds is 4. The Balaban J connectivity index is 1.80. The molecule has 1 amide bonds. The van der Waals surface area contributed by atoms with E-state index in [0.29, 0.717) is 17.0 Å². The lowest BCUT2D eigenvalue weighted by Gasteiger charge is -2.06. The molecular weight excluding hydrogens is 306 g/mol. The molecule has 0 unspecified atom stereocenters. The third kappa shape index (κ3) is 3.27. The Morgan fingerprint density at radius 3 is 2.71 bits per heavy atom. The molecule has 1 heterocycles. The zero-order valence-corrected chi connectivity index (χ0v) is 13.7. The standard InChI is InChI=1S/C18H17N3O3/c1-11-7-8-15(12(2)9-11)19-16(22)18-21-20-17(24-18)13-5-4-6-14(10-13)23-3/h4-10H,1-3H3,(H,19,22). The van der Waals surface area contributed by atoms with Gasteiger partial charge in [0.1, 0.15) is 5.75 Å². The molecule has 2 aromatic carbocycles. The second-order valence-corrected chi connectivity index (χ2v) is 5.42. The normalized spacial score (nSPS) is 10.5. The van der Waals surface area contributed by atoms with Gasteiger partial charge in [-0.15, -0.1) is 10.2 Å². The maximum atomic E-state index is 12.3. The summed E-state index contributed by atoms with van der Waals surface area (Å²) >= 11 is 0. The molecule has 3 aromatic rings. The van der Waals surface area contributed by atoms with Crippen molar-refractivity contribution in [3.63, 3.8) is 0 Å². The highest BCUT2D eigenvalue weighted by Gasteiger charge is 2.17. The number of methoxy groups -OCH3 is 1. The number of aromatic nitrogens is 2. The van der Waals surface area contributed by atoms with Crippen molar-refractivity contribution in [2.75, 3.05) is 12.4 Å². The summed E-state index contributed by atoms with van der Waals surface area (Å²) in [5.74, 6) is 0.406. The smallest absolute Gasteiger partial charge is 0.313 e. The maximum Gasteiger partial charge on any atom is 0.313 e. The Morgan fingerprint density at radius 1 is 1.12 bits per heavy atom. The number of amides is 1. The van der Waals surface area contributed by atoms with E-state index in [4.69, 9.17) is 9.15 Å². The first-order valence-corrected chi connectivity index (χ1v) is 7.43. The van der Waals surface area contributed by atoms with Crippen molar-refractivity contribution in [2.45, 2.75) is 13.8 Å². The molecule has 6 heteroatoms. The van der Waals surface area contributed by atoms with Gasteiger partial charge in [-0.05, 0) is 43.7 Å². The molecule has 1 aromatic heterocycles. The molecule has 0 aliphatic rings. The fourth-order valence-electron chi connectivity index (χ4n) is 2.32. The van der Waals surface area contributed by atoms with E-state index in [0.717, 1.165) is 11.1 Å². The SMILES string of the molecule is COc1cccc(-c2nnc(C(=O)Nc3ccc(C)cc3C)o2)c1. The largest absolute Gasteiger partial charge is 0.497 e. The minimum absolute atomic E-state index is 0.0900. The van der Waals surface area contributed by atoms with E-state index in [2.05, 4.69) is 15.5 Å². The average Bonchev–Trinajstić information content (AvgIpc) is 3.07. The van der Waals surface area contributed by atoms with Crippen molar-refractivity contribution in [2.24, 2.45) is 0 Å². The fraction of sp³-hybridized carbons (Fsp3) is 0.167. The number of carbonyl (C=O) groups is 1. The Morgan fingerprint density at radius 2 is 1.96 bits per heavy atom. The van der Waals surface area contributed by atoms with Crippen molar-refractivity contribution < 1.29 is 13.9 Å². The van der Waals surface area contributed by atoms with E-state index in [1.807, 2.05) is 50.2 Å². The Bertz CT molecular complexity index is 887. The molecule has 0 radical (unpaired) electrons. The molecule has 0 spiro atoms. The summed E-state index contributed by atoms with van der Waals surface area (Å²) in [7, 11) is 1.58. The molecular formula is C18H17N3O3. The zero-order chi connectivity index (χ0) is 17.1. The fourth-order valence-corrected chi connectivity index (χ4v) is 2.32. The first-order valence-electron chi connectivity index (χ1n) is 7.43. The van der Waals surface area contributed by atoms with Crippen LogP contribution in [0.2, 0.25) is 0 Å². The van der Waals surface area contributed by atoms with E-state index < -0.39 is 5.91 Å². The second kappa shape index (κ2) is 6.54. The van der Waals surface area contributed by atoms with Gasteiger partial charge in [0, 0.05) is 11.3 Å². The molecule has 122 valence electrons. The number of nitrogens with one attached hydrogen (secondary N) is 1. The van der Waals surface area contributed by atoms with Crippen LogP contribution in [0.25, 0.3) is 11.5 Å². The highest BCUT2D eigenvalue weighted by Crippen LogP contribution is 2.23. The zero-order valence-electron chi connectivity index (χ0n) is 13.7. The van der Waals surface area contributed by atoms with Gasteiger partial charge < -0.3 is 14.5 Å².